The van der Waals surface area contributed by atoms with Gasteiger partial charge < -0.3 is 10.8 Å². The first kappa shape index (κ1) is 15.2. The zero-order chi connectivity index (χ0) is 13.5. The molecule has 1 aromatic carbocycles. The van der Waals surface area contributed by atoms with Crippen molar-refractivity contribution in [3.8, 4) is 0 Å². The van der Waals surface area contributed by atoms with Gasteiger partial charge in [0.1, 0.15) is 0 Å². The van der Waals surface area contributed by atoms with Gasteiger partial charge in [0.05, 0.1) is 12.6 Å². The molecular weight excluding hydrogens is 224 g/mol. The molecule has 2 atom stereocenters. The minimum atomic E-state index is 0.0950. The maximum Gasteiger partial charge on any atom is 0.0558 e. The average Bonchev–Trinajstić information content (AvgIpc) is 2.39. The highest BCUT2D eigenvalue weighted by Gasteiger charge is 2.25. The first-order valence-electron chi connectivity index (χ1n) is 6.81. The van der Waals surface area contributed by atoms with Crippen molar-refractivity contribution in [3.05, 3.63) is 35.4 Å². The Bertz CT molecular complexity index is 354. The summed E-state index contributed by atoms with van der Waals surface area (Å²) in [6.07, 6.45) is 0.931. The van der Waals surface area contributed by atoms with Crippen LogP contribution in [0.15, 0.2) is 24.3 Å². The maximum absolute atomic E-state index is 9.20. The van der Waals surface area contributed by atoms with Crippen LogP contribution >= 0.6 is 0 Å². The molecule has 1 rings (SSSR count). The number of hydrogen-bond acceptors (Lipinski definition) is 3. The van der Waals surface area contributed by atoms with E-state index in [1.165, 1.54) is 11.1 Å². The molecule has 0 fully saturated rings. The third-order valence-corrected chi connectivity index (χ3v) is 3.57. The Kier molecular flexibility index (Phi) is 6.33. The van der Waals surface area contributed by atoms with E-state index in [0.29, 0.717) is 6.54 Å². The van der Waals surface area contributed by atoms with Gasteiger partial charge in [-0.05, 0) is 31.0 Å². The van der Waals surface area contributed by atoms with Gasteiger partial charge in [-0.15, -0.1) is 0 Å². The molecular formula is C15H26N2O. The fraction of sp³-hybridized carbons (Fsp3) is 0.600. The van der Waals surface area contributed by atoms with Crippen LogP contribution in [0.5, 0.6) is 0 Å². The van der Waals surface area contributed by atoms with E-state index in [0.717, 1.165) is 13.0 Å². The van der Waals surface area contributed by atoms with E-state index >= 15 is 0 Å². The van der Waals surface area contributed by atoms with E-state index in [4.69, 9.17) is 5.73 Å². The van der Waals surface area contributed by atoms with Gasteiger partial charge in [-0.2, -0.15) is 0 Å². The molecule has 0 saturated heterocycles. The number of rotatable bonds is 7. The molecule has 1 aromatic rings. The van der Waals surface area contributed by atoms with Crippen molar-refractivity contribution in [2.24, 2.45) is 5.73 Å². The van der Waals surface area contributed by atoms with E-state index in [1.54, 1.807) is 0 Å². The van der Waals surface area contributed by atoms with Crippen LogP contribution in [0.3, 0.4) is 0 Å². The SMILES string of the molecule is CCC(N)C(c1ccccc1C)N(CC)CCO. The lowest BCUT2D eigenvalue weighted by atomic mass is 9.93. The summed E-state index contributed by atoms with van der Waals surface area (Å²) >= 11 is 0. The van der Waals surface area contributed by atoms with Crippen LogP contribution in [0.4, 0.5) is 0 Å². The molecule has 18 heavy (non-hydrogen) atoms. The zero-order valence-corrected chi connectivity index (χ0v) is 11.8. The highest BCUT2D eigenvalue weighted by atomic mass is 16.3. The van der Waals surface area contributed by atoms with Gasteiger partial charge >= 0.3 is 0 Å². The van der Waals surface area contributed by atoms with Crippen molar-refractivity contribution in [2.45, 2.75) is 39.3 Å². The molecule has 0 heterocycles. The quantitative estimate of drug-likeness (QED) is 0.779. The van der Waals surface area contributed by atoms with Crippen LogP contribution in [0.2, 0.25) is 0 Å². The number of hydrogen-bond donors (Lipinski definition) is 2. The van der Waals surface area contributed by atoms with Gasteiger partial charge in [0.15, 0.2) is 0 Å². The molecule has 0 aliphatic rings. The number of likely N-dealkylation sites (N-methyl/N-ethyl adjacent to an activating group) is 1. The molecule has 3 heteroatoms. The van der Waals surface area contributed by atoms with Crippen molar-refractivity contribution in [2.75, 3.05) is 19.7 Å². The third kappa shape index (κ3) is 3.55. The molecule has 0 aromatic heterocycles. The van der Waals surface area contributed by atoms with Crippen molar-refractivity contribution in [1.82, 2.24) is 4.90 Å². The largest absolute Gasteiger partial charge is 0.395 e. The topological polar surface area (TPSA) is 49.5 Å². The van der Waals surface area contributed by atoms with Gasteiger partial charge in [0.25, 0.3) is 0 Å². The standard InChI is InChI=1S/C15H26N2O/c1-4-14(16)15(17(5-2)10-11-18)13-9-7-6-8-12(13)3/h6-9,14-15,18H,4-5,10-11,16H2,1-3H3. The van der Waals surface area contributed by atoms with Crippen molar-refractivity contribution in [3.63, 3.8) is 0 Å². The third-order valence-electron chi connectivity index (χ3n) is 3.57. The van der Waals surface area contributed by atoms with Gasteiger partial charge in [0, 0.05) is 12.6 Å². The van der Waals surface area contributed by atoms with Crippen molar-refractivity contribution in [1.29, 1.82) is 0 Å². The van der Waals surface area contributed by atoms with Crippen LogP contribution < -0.4 is 5.73 Å². The summed E-state index contributed by atoms with van der Waals surface area (Å²) in [6, 6.07) is 8.67. The van der Waals surface area contributed by atoms with Crippen molar-refractivity contribution < 1.29 is 5.11 Å². The van der Waals surface area contributed by atoms with E-state index in [-0.39, 0.29) is 18.7 Å². The molecule has 2 unspecified atom stereocenters. The summed E-state index contributed by atoms with van der Waals surface area (Å²) in [5.41, 5.74) is 8.85. The summed E-state index contributed by atoms with van der Waals surface area (Å²) in [4.78, 5) is 2.26. The molecule has 0 radical (unpaired) electrons. The highest BCUT2D eigenvalue weighted by molar-refractivity contribution is 5.30. The lowest BCUT2D eigenvalue weighted by molar-refractivity contribution is 0.138. The predicted octanol–water partition coefficient (Wildman–Crippen LogP) is 2.09. The van der Waals surface area contributed by atoms with E-state index in [1.807, 2.05) is 0 Å². The van der Waals surface area contributed by atoms with Crippen molar-refractivity contribution >= 4 is 0 Å². The second kappa shape index (κ2) is 7.52. The molecule has 0 amide bonds. The summed E-state index contributed by atoms with van der Waals surface area (Å²) in [6.45, 7) is 8.09. The van der Waals surface area contributed by atoms with E-state index in [2.05, 4.69) is 49.9 Å². The Morgan fingerprint density at radius 2 is 1.94 bits per heavy atom. The predicted molar refractivity (Wildman–Crippen MR) is 76.5 cm³/mol. The molecule has 3 nitrogen and oxygen atoms in total. The Balaban J connectivity index is 3.08. The minimum absolute atomic E-state index is 0.0950. The van der Waals surface area contributed by atoms with Crippen LogP contribution in [-0.4, -0.2) is 35.7 Å². The molecule has 102 valence electrons. The summed E-state index contributed by atoms with van der Waals surface area (Å²) in [5, 5.41) is 9.20. The molecule has 0 saturated carbocycles. The van der Waals surface area contributed by atoms with Gasteiger partial charge in [0.2, 0.25) is 0 Å². The lowest BCUT2D eigenvalue weighted by Gasteiger charge is -2.35. The fourth-order valence-corrected chi connectivity index (χ4v) is 2.46. The summed E-state index contributed by atoms with van der Waals surface area (Å²) < 4.78 is 0. The second-order valence-electron chi connectivity index (χ2n) is 4.73. The normalized spacial score (nSPS) is 14.8. The monoisotopic (exact) mass is 250 g/mol. The number of nitrogens with zero attached hydrogens (tertiary/aromatic N) is 1. The zero-order valence-electron chi connectivity index (χ0n) is 11.8. The Hall–Kier alpha value is -0.900. The first-order valence-corrected chi connectivity index (χ1v) is 6.81. The molecule has 3 N–H and O–H groups in total. The number of benzene rings is 1. The second-order valence-corrected chi connectivity index (χ2v) is 4.73. The van der Waals surface area contributed by atoms with Crippen LogP contribution in [0.25, 0.3) is 0 Å². The van der Waals surface area contributed by atoms with Gasteiger partial charge in [-0.25, -0.2) is 0 Å². The number of aliphatic hydroxyl groups excluding tert-OH is 1. The van der Waals surface area contributed by atoms with E-state index < -0.39 is 0 Å². The molecule has 0 bridgehead atoms. The van der Waals surface area contributed by atoms with Crippen LogP contribution in [0, 0.1) is 6.92 Å². The van der Waals surface area contributed by atoms with E-state index in [9.17, 15) is 5.11 Å². The number of aryl methyl sites for hydroxylation is 1. The minimum Gasteiger partial charge on any atom is -0.395 e. The fourth-order valence-electron chi connectivity index (χ4n) is 2.46. The Morgan fingerprint density at radius 1 is 1.28 bits per heavy atom. The summed E-state index contributed by atoms with van der Waals surface area (Å²) in [7, 11) is 0. The van der Waals surface area contributed by atoms with Gasteiger partial charge in [-0.3, -0.25) is 4.90 Å². The lowest BCUT2D eigenvalue weighted by Crippen LogP contribution is -2.42. The molecule has 0 spiro atoms. The Morgan fingerprint density at radius 3 is 2.44 bits per heavy atom. The smallest absolute Gasteiger partial charge is 0.0558 e. The average molecular weight is 250 g/mol. The Labute approximate surface area is 111 Å². The molecule has 0 aliphatic carbocycles. The van der Waals surface area contributed by atoms with Crippen LogP contribution in [-0.2, 0) is 0 Å². The highest BCUT2D eigenvalue weighted by Crippen LogP contribution is 2.27. The number of nitrogens with two attached hydrogens (primary N) is 1. The first-order chi connectivity index (χ1) is 8.65. The maximum atomic E-state index is 9.20. The molecule has 0 aliphatic heterocycles. The van der Waals surface area contributed by atoms with Crippen LogP contribution in [0.1, 0.15) is 37.4 Å². The number of aliphatic hydroxyl groups is 1. The van der Waals surface area contributed by atoms with Gasteiger partial charge in [-0.1, -0.05) is 38.1 Å². The summed E-state index contributed by atoms with van der Waals surface area (Å²) in [5.74, 6) is 0.